The van der Waals surface area contributed by atoms with Gasteiger partial charge in [-0.3, -0.25) is 9.59 Å². The second-order valence-corrected chi connectivity index (χ2v) is 7.94. The molecular formula is C24H28N2O5. The first kappa shape index (κ1) is 21.0. The van der Waals surface area contributed by atoms with Crippen LogP contribution in [-0.4, -0.2) is 63.1 Å². The summed E-state index contributed by atoms with van der Waals surface area (Å²) in [5.74, 6) is 1.05. The summed E-state index contributed by atoms with van der Waals surface area (Å²) in [7, 11) is 6.45. The van der Waals surface area contributed by atoms with Crippen molar-refractivity contribution in [2.24, 2.45) is 0 Å². The molecule has 0 aliphatic carbocycles. The number of benzene rings is 2. The molecule has 2 aromatic rings. The number of ether oxygens (including phenoxy) is 3. The summed E-state index contributed by atoms with van der Waals surface area (Å²) < 4.78 is 16.2. The number of fused-ring (bicyclic) bond motifs is 1. The van der Waals surface area contributed by atoms with Crippen molar-refractivity contribution in [2.75, 3.05) is 41.5 Å². The van der Waals surface area contributed by atoms with Crippen LogP contribution >= 0.6 is 0 Å². The summed E-state index contributed by atoms with van der Waals surface area (Å²) >= 11 is 0. The Labute approximate surface area is 182 Å². The Morgan fingerprint density at radius 1 is 0.935 bits per heavy atom. The lowest BCUT2D eigenvalue weighted by Crippen LogP contribution is -2.46. The second kappa shape index (κ2) is 8.49. The number of carbonyl (C=O) groups is 2. The van der Waals surface area contributed by atoms with Crippen molar-refractivity contribution in [2.45, 2.75) is 24.8 Å². The molecule has 0 radical (unpaired) electrons. The van der Waals surface area contributed by atoms with E-state index in [1.54, 1.807) is 38.3 Å². The van der Waals surface area contributed by atoms with Gasteiger partial charge in [-0.1, -0.05) is 12.1 Å². The summed E-state index contributed by atoms with van der Waals surface area (Å²) in [6, 6.07) is 10.6. The lowest BCUT2D eigenvalue weighted by Gasteiger charge is -2.41. The standard InChI is InChI=1S/C24H28N2O5/c1-25-22(15-7-9-16(29-2)10-8-15)21(24(28)26-11-5-6-12-26)17-13-19(30-3)20(31-4)14-18(17)23(25)27/h7-10,13-14,21-22H,5-6,11-12H2,1-4H3/t21-,22-/m1/s1. The fraction of sp³-hybridized carbons (Fsp3) is 0.417. The molecule has 0 aromatic heterocycles. The Balaban J connectivity index is 1.89. The summed E-state index contributed by atoms with van der Waals surface area (Å²) in [5.41, 5.74) is 2.04. The third-order valence-corrected chi connectivity index (χ3v) is 6.32. The summed E-state index contributed by atoms with van der Waals surface area (Å²) in [6.45, 7) is 1.48. The third kappa shape index (κ3) is 3.58. The summed E-state index contributed by atoms with van der Waals surface area (Å²) in [5, 5.41) is 0. The first-order valence-electron chi connectivity index (χ1n) is 10.5. The number of likely N-dealkylation sites (N-methyl/N-ethyl adjacent to an activating group) is 1. The van der Waals surface area contributed by atoms with Crippen LogP contribution in [0.1, 0.15) is 46.3 Å². The van der Waals surface area contributed by atoms with Crippen LogP contribution in [0.5, 0.6) is 17.2 Å². The lowest BCUT2D eigenvalue weighted by atomic mass is 9.79. The number of hydrogen-bond donors (Lipinski definition) is 0. The molecule has 31 heavy (non-hydrogen) atoms. The predicted octanol–water partition coefficient (Wildman–Crippen LogP) is 3.25. The van der Waals surface area contributed by atoms with Crippen molar-refractivity contribution in [3.8, 4) is 17.2 Å². The maximum atomic E-state index is 13.8. The molecule has 0 bridgehead atoms. The van der Waals surface area contributed by atoms with E-state index in [-0.39, 0.29) is 11.8 Å². The molecule has 2 aliphatic heterocycles. The minimum absolute atomic E-state index is 0.0335. The van der Waals surface area contributed by atoms with E-state index >= 15 is 0 Å². The number of carbonyl (C=O) groups excluding carboxylic acids is 2. The molecule has 7 nitrogen and oxygen atoms in total. The molecule has 1 fully saturated rings. The molecule has 4 rings (SSSR count). The molecule has 0 N–H and O–H groups in total. The van der Waals surface area contributed by atoms with E-state index in [9.17, 15) is 9.59 Å². The van der Waals surface area contributed by atoms with Gasteiger partial charge in [0, 0.05) is 25.7 Å². The minimum Gasteiger partial charge on any atom is -0.497 e. The minimum atomic E-state index is -0.538. The molecule has 7 heteroatoms. The van der Waals surface area contributed by atoms with E-state index < -0.39 is 12.0 Å². The van der Waals surface area contributed by atoms with E-state index in [0.717, 1.165) is 37.2 Å². The van der Waals surface area contributed by atoms with Gasteiger partial charge in [0.15, 0.2) is 11.5 Å². The molecule has 2 aliphatic rings. The molecular weight excluding hydrogens is 396 g/mol. The topological polar surface area (TPSA) is 68.3 Å². The highest BCUT2D eigenvalue weighted by molar-refractivity contribution is 6.02. The van der Waals surface area contributed by atoms with Gasteiger partial charge in [0.1, 0.15) is 5.75 Å². The van der Waals surface area contributed by atoms with Crippen molar-refractivity contribution in [1.82, 2.24) is 9.80 Å². The van der Waals surface area contributed by atoms with Crippen LogP contribution in [0.25, 0.3) is 0 Å². The zero-order valence-electron chi connectivity index (χ0n) is 18.4. The predicted molar refractivity (Wildman–Crippen MR) is 116 cm³/mol. The van der Waals surface area contributed by atoms with Crippen LogP contribution < -0.4 is 14.2 Å². The van der Waals surface area contributed by atoms with Crippen molar-refractivity contribution >= 4 is 11.8 Å². The number of rotatable bonds is 5. The van der Waals surface area contributed by atoms with Gasteiger partial charge < -0.3 is 24.0 Å². The highest BCUT2D eigenvalue weighted by Gasteiger charge is 2.45. The fourth-order valence-corrected chi connectivity index (χ4v) is 4.67. The largest absolute Gasteiger partial charge is 0.497 e. The van der Waals surface area contributed by atoms with Gasteiger partial charge >= 0.3 is 0 Å². The molecule has 0 saturated carbocycles. The Kier molecular flexibility index (Phi) is 5.76. The zero-order chi connectivity index (χ0) is 22.1. The van der Waals surface area contributed by atoms with Crippen LogP contribution in [0.3, 0.4) is 0 Å². The third-order valence-electron chi connectivity index (χ3n) is 6.32. The van der Waals surface area contributed by atoms with Crippen molar-refractivity contribution in [3.63, 3.8) is 0 Å². The van der Waals surface area contributed by atoms with Crippen LogP contribution in [-0.2, 0) is 4.79 Å². The SMILES string of the molecule is COc1ccc([C@@H]2[C@H](C(=O)N3CCCC3)c3cc(OC)c(OC)cc3C(=O)N2C)cc1. The molecule has 2 atom stereocenters. The number of likely N-dealkylation sites (tertiary alicyclic amines) is 1. The van der Waals surface area contributed by atoms with Gasteiger partial charge in [-0.05, 0) is 48.2 Å². The maximum Gasteiger partial charge on any atom is 0.254 e. The highest BCUT2D eigenvalue weighted by atomic mass is 16.5. The molecule has 2 amide bonds. The molecule has 0 unspecified atom stereocenters. The van der Waals surface area contributed by atoms with Crippen molar-refractivity contribution in [3.05, 3.63) is 53.1 Å². The van der Waals surface area contributed by atoms with Crippen molar-refractivity contribution in [1.29, 1.82) is 0 Å². The van der Waals surface area contributed by atoms with Gasteiger partial charge in [0.05, 0.1) is 33.3 Å². The zero-order valence-corrected chi connectivity index (χ0v) is 18.4. The second-order valence-electron chi connectivity index (χ2n) is 7.94. The Bertz CT molecular complexity index is 982. The Morgan fingerprint density at radius 2 is 1.55 bits per heavy atom. The van der Waals surface area contributed by atoms with Gasteiger partial charge in [-0.25, -0.2) is 0 Å². The monoisotopic (exact) mass is 424 g/mol. The van der Waals surface area contributed by atoms with E-state index in [1.165, 1.54) is 7.11 Å². The Morgan fingerprint density at radius 3 is 2.13 bits per heavy atom. The van der Waals surface area contributed by atoms with Crippen LogP contribution in [0, 0.1) is 0 Å². The van der Waals surface area contributed by atoms with Gasteiger partial charge in [0.25, 0.3) is 5.91 Å². The van der Waals surface area contributed by atoms with Gasteiger partial charge in [-0.15, -0.1) is 0 Å². The maximum absolute atomic E-state index is 13.8. The Hall–Kier alpha value is -3.22. The van der Waals surface area contributed by atoms with Crippen LogP contribution in [0.4, 0.5) is 0 Å². The van der Waals surface area contributed by atoms with E-state index in [0.29, 0.717) is 22.6 Å². The first-order chi connectivity index (χ1) is 15.0. The first-order valence-corrected chi connectivity index (χ1v) is 10.5. The number of nitrogens with zero attached hydrogens (tertiary/aromatic N) is 2. The van der Waals surface area contributed by atoms with Gasteiger partial charge in [0.2, 0.25) is 5.91 Å². The van der Waals surface area contributed by atoms with E-state index in [1.807, 2.05) is 29.2 Å². The fourth-order valence-electron chi connectivity index (χ4n) is 4.67. The molecule has 2 aromatic carbocycles. The quantitative estimate of drug-likeness (QED) is 0.737. The lowest BCUT2D eigenvalue weighted by molar-refractivity contribution is -0.133. The number of hydrogen-bond acceptors (Lipinski definition) is 5. The van der Waals surface area contributed by atoms with Crippen molar-refractivity contribution < 1.29 is 23.8 Å². The highest BCUT2D eigenvalue weighted by Crippen LogP contribution is 2.46. The summed E-state index contributed by atoms with van der Waals surface area (Å²) in [6.07, 6.45) is 2.00. The average molecular weight is 424 g/mol. The van der Waals surface area contributed by atoms with E-state index in [4.69, 9.17) is 14.2 Å². The normalized spacial score (nSPS) is 20.5. The number of amides is 2. The molecule has 0 spiro atoms. The molecule has 2 heterocycles. The molecule has 164 valence electrons. The van der Waals surface area contributed by atoms with Gasteiger partial charge in [-0.2, -0.15) is 0 Å². The van der Waals surface area contributed by atoms with E-state index in [2.05, 4.69) is 0 Å². The average Bonchev–Trinajstić information content (AvgIpc) is 3.35. The summed E-state index contributed by atoms with van der Waals surface area (Å²) in [4.78, 5) is 30.7. The smallest absolute Gasteiger partial charge is 0.254 e. The number of methoxy groups -OCH3 is 3. The van der Waals surface area contributed by atoms with Crippen LogP contribution in [0.2, 0.25) is 0 Å². The van der Waals surface area contributed by atoms with Crippen LogP contribution in [0.15, 0.2) is 36.4 Å². The molecule has 1 saturated heterocycles.